The molecule has 0 radical (unpaired) electrons. The highest BCUT2D eigenvalue weighted by Crippen LogP contribution is 2.36. The first-order chi connectivity index (χ1) is 7.10. The van der Waals surface area contributed by atoms with Crippen LogP contribution in [0.4, 0.5) is 0 Å². The molecule has 0 spiro atoms. The van der Waals surface area contributed by atoms with Crippen LogP contribution in [0, 0.1) is 11.3 Å². The number of rotatable bonds is 6. The van der Waals surface area contributed by atoms with Crippen LogP contribution in [0.1, 0.15) is 32.1 Å². The van der Waals surface area contributed by atoms with Gasteiger partial charge < -0.3 is 9.80 Å². The summed E-state index contributed by atoms with van der Waals surface area (Å²) in [4.78, 5) is 4.74. The normalized spacial score (nSPS) is 18.9. The van der Waals surface area contributed by atoms with Gasteiger partial charge in [0.15, 0.2) is 0 Å². The third kappa shape index (κ3) is 3.19. The van der Waals surface area contributed by atoms with Crippen LogP contribution in [-0.2, 0) is 0 Å². The van der Waals surface area contributed by atoms with Crippen molar-refractivity contribution in [3.05, 3.63) is 0 Å². The average Bonchev–Trinajstić information content (AvgIpc) is 2.11. The molecule has 1 rings (SSSR count). The van der Waals surface area contributed by atoms with Crippen molar-refractivity contribution in [2.75, 3.05) is 34.2 Å². The number of hydrogen-bond donors (Lipinski definition) is 0. The van der Waals surface area contributed by atoms with Gasteiger partial charge in [-0.05, 0) is 53.4 Å². The summed E-state index contributed by atoms with van der Waals surface area (Å²) in [5.41, 5.74) is 0.418. The molecule has 1 saturated carbocycles. The lowest BCUT2D eigenvalue weighted by molar-refractivity contribution is 0.0277. The predicted octanol–water partition coefficient (Wildman–Crippen LogP) is 1.71. The molecule has 0 N–H and O–H groups in total. The van der Waals surface area contributed by atoms with E-state index in [0.29, 0.717) is 12.0 Å². The van der Waals surface area contributed by atoms with E-state index < -0.39 is 0 Å². The Morgan fingerprint density at radius 2 is 1.93 bits per heavy atom. The van der Waals surface area contributed by atoms with Crippen molar-refractivity contribution < 1.29 is 0 Å². The Morgan fingerprint density at radius 1 is 1.27 bits per heavy atom. The topological polar surface area (TPSA) is 30.3 Å². The summed E-state index contributed by atoms with van der Waals surface area (Å²) in [7, 11) is 6.53. The molecule has 1 fully saturated rings. The molecule has 0 amide bonds. The summed E-state index contributed by atoms with van der Waals surface area (Å²) in [5.74, 6) is 0. The zero-order valence-corrected chi connectivity index (χ0v) is 10.3. The van der Waals surface area contributed by atoms with E-state index in [1.165, 1.54) is 19.3 Å². The second-order valence-corrected chi connectivity index (χ2v) is 4.97. The SMILES string of the molecule is CN(CCCC#N)CC1(N(C)C)CCC1. The van der Waals surface area contributed by atoms with Crippen LogP contribution in [0.25, 0.3) is 0 Å². The Balaban J connectivity index is 2.29. The monoisotopic (exact) mass is 209 g/mol. The summed E-state index contributed by atoms with van der Waals surface area (Å²) in [6.07, 6.45) is 5.69. The van der Waals surface area contributed by atoms with E-state index >= 15 is 0 Å². The van der Waals surface area contributed by atoms with Gasteiger partial charge in [-0.15, -0.1) is 0 Å². The van der Waals surface area contributed by atoms with Crippen LogP contribution in [0.5, 0.6) is 0 Å². The van der Waals surface area contributed by atoms with E-state index in [9.17, 15) is 0 Å². The fraction of sp³-hybridized carbons (Fsp3) is 0.917. The molecule has 3 heteroatoms. The Bertz CT molecular complexity index is 226. The lowest BCUT2D eigenvalue weighted by Crippen LogP contribution is -2.56. The molecule has 0 atom stereocenters. The first kappa shape index (κ1) is 12.5. The van der Waals surface area contributed by atoms with Gasteiger partial charge in [-0.2, -0.15) is 5.26 Å². The summed E-state index contributed by atoms with van der Waals surface area (Å²) >= 11 is 0. The lowest BCUT2D eigenvalue weighted by Gasteiger charge is -2.49. The van der Waals surface area contributed by atoms with Gasteiger partial charge in [0.05, 0.1) is 6.07 Å². The van der Waals surface area contributed by atoms with E-state index in [4.69, 9.17) is 5.26 Å². The summed E-state index contributed by atoms with van der Waals surface area (Å²) in [5, 5.41) is 8.48. The van der Waals surface area contributed by atoms with E-state index in [1.54, 1.807) is 0 Å². The zero-order chi connectivity index (χ0) is 11.3. The zero-order valence-electron chi connectivity index (χ0n) is 10.3. The molecule has 86 valence electrons. The molecule has 0 bridgehead atoms. The molecule has 1 aliphatic carbocycles. The van der Waals surface area contributed by atoms with Crippen molar-refractivity contribution in [1.29, 1.82) is 5.26 Å². The van der Waals surface area contributed by atoms with Gasteiger partial charge in [-0.3, -0.25) is 0 Å². The van der Waals surface area contributed by atoms with Crippen molar-refractivity contribution in [1.82, 2.24) is 9.80 Å². The Hall–Kier alpha value is -0.590. The van der Waals surface area contributed by atoms with E-state index in [2.05, 4.69) is 37.0 Å². The lowest BCUT2D eigenvalue weighted by atomic mass is 9.75. The Kier molecular flexibility index (Phi) is 4.56. The van der Waals surface area contributed by atoms with E-state index in [1.807, 2.05) is 0 Å². The van der Waals surface area contributed by atoms with Gasteiger partial charge >= 0.3 is 0 Å². The van der Waals surface area contributed by atoms with Crippen molar-refractivity contribution in [2.24, 2.45) is 0 Å². The van der Waals surface area contributed by atoms with Gasteiger partial charge in [-0.25, -0.2) is 0 Å². The quantitative estimate of drug-likeness (QED) is 0.624. The maximum atomic E-state index is 8.48. The largest absolute Gasteiger partial charge is 0.304 e. The van der Waals surface area contributed by atoms with Crippen molar-refractivity contribution in [2.45, 2.75) is 37.6 Å². The maximum absolute atomic E-state index is 8.48. The summed E-state index contributed by atoms with van der Waals surface area (Å²) < 4.78 is 0. The number of nitrogens with zero attached hydrogens (tertiary/aromatic N) is 3. The van der Waals surface area contributed by atoms with Crippen LogP contribution >= 0.6 is 0 Å². The first-order valence-electron chi connectivity index (χ1n) is 5.84. The molecule has 0 heterocycles. The second-order valence-electron chi connectivity index (χ2n) is 4.97. The highest BCUT2D eigenvalue weighted by atomic mass is 15.2. The standard InChI is InChI=1S/C12H23N3/c1-14(2)12(7-6-8-12)11-15(3)10-5-4-9-13/h4-8,10-11H2,1-3H3. The number of likely N-dealkylation sites (N-methyl/N-ethyl adjacent to an activating group) is 2. The van der Waals surface area contributed by atoms with E-state index in [0.717, 1.165) is 19.5 Å². The highest BCUT2D eigenvalue weighted by Gasteiger charge is 2.39. The molecule has 0 aromatic heterocycles. The van der Waals surface area contributed by atoms with Crippen LogP contribution in [-0.4, -0.2) is 49.6 Å². The Labute approximate surface area is 93.7 Å². The van der Waals surface area contributed by atoms with Gasteiger partial charge in [0, 0.05) is 18.5 Å². The maximum Gasteiger partial charge on any atom is 0.0622 e. The minimum absolute atomic E-state index is 0.418. The minimum atomic E-state index is 0.418. The number of unbranched alkanes of at least 4 members (excludes halogenated alkanes) is 1. The van der Waals surface area contributed by atoms with Gasteiger partial charge in [0.1, 0.15) is 0 Å². The average molecular weight is 209 g/mol. The molecule has 0 aromatic carbocycles. The second kappa shape index (κ2) is 5.48. The van der Waals surface area contributed by atoms with Crippen LogP contribution in [0.3, 0.4) is 0 Å². The number of nitriles is 1. The van der Waals surface area contributed by atoms with Crippen LogP contribution in [0.2, 0.25) is 0 Å². The van der Waals surface area contributed by atoms with Crippen molar-refractivity contribution in [3.8, 4) is 6.07 Å². The third-order valence-corrected chi connectivity index (χ3v) is 3.63. The molecule has 1 aliphatic rings. The summed E-state index contributed by atoms with van der Waals surface area (Å²) in [6.45, 7) is 2.19. The number of hydrogen-bond acceptors (Lipinski definition) is 3. The molecule has 0 aliphatic heterocycles. The van der Waals surface area contributed by atoms with Crippen LogP contribution in [0.15, 0.2) is 0 Å². The Morgan fingerprint density at radius 3 is 2.33 bits per heavy atom. The molecule has 3 nitrogen and oxygen atoms in total. The summed E-state index contributed by atoms with van der Waals surface area (Å²) in [6, 6.07) is 2.20. The highest BCUT2D eigenvalue weighted by molar-refractivity contribution is 4.97. The van der Waals surface area contributed by atoms with Crippen LogP contribution < -0.4 is 0 Å². The molecule has 0 aromatic rings. The van der Waals surface area contributed by atoms with Crippen molar-refractivity contribution >= 4 is 0 Å². The fourth-order valence-corrected chi connectivity index (χ4v) is 2.34. The molecule has 15 heavy (non-hydrogen) atoms. The molecule has 0 saturated heterocycles. The van der Waals surface area contributed by atoms with Crippen molar-refractivity contribution in [3.63, 3.8) is 0 Å². The van der Waals surface area contributed by atoms with E-state index in [-0.39, 0.29) is 0 Å². The predicted molar refractivity (Wildman–Crippen MR) is 62.6 cm³/mol. The minimum Gasteiger partial charge on any atom is -0.304 e. The van der Waals surface area contributed by atoms with Gasteiger partial charge in [-0.1, -0.05) is 0 Å². The van der Waals surface area contributed by atoms with Gasteiger partial charge in [0.25, 0.3) is 0 Å². The molecular formula is C12H23N3. The first-order valence-corrected chi connectivity index (χ1v) is 5.84. The fourth-order valence-electron chi connectivity index (χ4n) is 2.34. The van der Waals surface area contributed by atoms with Gasteiger partial charge in [0.2, 0.25) is 0 Å². The third-order valence-electron chi connectivity index (χ3n) is 3.63. The molecular weight excluding hydrogens is 186 g/mol. The molecule has 0 unspecified atom stereocenters. The smallest absolute Gasteiger partial charge is 0.0622 e.